The van der Waals surface area contributed by atoms with Crippen LogP contribution in [0.2, 0.25) is 5.02 Å². The molecular formula is C20H20ClN3O2. The third-order valence-electron chi connectivity index (χ3n) is 5.03. The van der Waals surface area contributed by atoms with E-state index in [0.29, 0.717) is 24.4 Å². The first-order valence-corrected chi connectivity index (χ1v) is 9.10. The Morgan fingerprint density at radius 3 is 2.58 bits per heavy atom. The highest BCUT2D eigenvalue weighted by molar-refractivity contribution is 6.30. The summed E-state index contributed by atoms with van der Waals surface area (Å²) in [6.45, 7) is 0.501. The molecule has 0 spiro atoms. The highest BCUT2D eigenvalue weighted by atomic mass is 35.5. The van der Waals surface area contributed by atoms with Crippen LogP contribution in [0.15, 0.2) is 42.5 Å². The van der Waals surface area contributed by atoms with Gasteiger partial charge < -0.3 is 16.0 Å². The lowest BCUT2D eigenvalue weighted by Crippen LogP contribution is -2.38. The lowest BCUT2D eigenvalue weighted by molar-refractivity contribution is -0.119. The van der Waals surface area contributed by atoms with Crippen LogP contribution in [0.25, 0.3) is 0 Å². The molecule has 0 atom stereocenters. The zero-order valence-corrected chi connectivity index (χ0v) is 15.1. The minimum absolute atomic E-state index is 0.100. The van der Waals surface area contributed by atoms with E-state index in [1.165, 1.54) is 0 Å². The number of nitrogens with two attached hydrogens (primary N) is 1. The van der Waals surface area contributed by atoms with E-state index in [2.05, 4.69) is 5.32 Å². The van der Waals surface area contributed by atoms with Gasteiger partial charge >= 0.3 is 0 Å². The number of carbonyl (C=O) groups excluding carboxylic acids is 2. The van der Waals surface area contributed by atoms with E-state index < -0.39 is 5.54 Å². The number of halogens is 1. The minimum Gasteiger partial charge on any atom is -0.324 e. The second-order valence-corrected chi connectivity index (χ2v) is 7.50. The molecule has 0 radical (unpaired) electrons. The van der Waals surface area contributed by atoms with E-state index in [1.54, 1.807) is 4.90 Å². The van der Waals surface area contributed by atoms with Crippen molar-refractivity contribution in [3.63, 3.8) is 0 Å². The van der Waals surface area contributed by atoms with Gasteiger partial charge in [0, 0.05) is 22.8 Å². The molecule has 3 N–H and O–H groups in total. The van der Waals surface area contributed by atoms with E-state index in [-0.39, 0.29) is 11.8 Å². The van der Waals surface area contributed by atoms with Crippen molar-refractivity contribution in [1.29, 1.82) is 0 Å². The van der Waals surface area contributed by atoms with Gasteiger partial charge in [-0.15, -0.1) is 0 Å². The molecule has 1 saturated carbocycles. The molecule has 4 rings (SSSR count). The summed E-state index contributed by atoms with van der Waals surface area (Å²) in [5.74, 6) is -0.0366. The minimum atomic E-state index is -0.702. The van der Waals surface area contributed by atoms with E-state index in [1.807, 2.05) is 42.5 Å². The third-order valence-corrected chi connectivity index (χ3v) is 5.28. The van der Waals surface area contributed by atoms with Crippen LogP contribution in [0.4, 0.5) is 11.4 Å². The number of hydrogen-bond donors (Lipinski definition) is 2. The fraction of sp³-hybridized carbons (Fsp3) is 0.300. The van der Waals surface area contributed by atoms with Crippen LogP contribution in [0, 0.1) is 0 Å². The number of rotatable bonds is 4. The molecule has 2 amide bonds. The summed E-state index contributed by atoms with van der Waals surface area (Å²) in [5.41, 5.74) is 8.93. The van der Waals surface area contributed by atoms with Crippen molar-refractivity contribution in [2.24, 2.45) is 5.73 Å². The molecule has 6 heteroatoms. The maximum Gasteiger partial charge on any atom is 0.244 e. The van der Waals surface area contributed by atoms with Gasteiger partial charge in [0.2, 0.25) is 11.8 Å². The molecule has 1 fully saturated rings. The van der Waals surface area contributed by atoms with Crippen molar-refractivity contribution in [2.45, 2.75) is 37.8 Å². The van der Waals surface area contributed by atoms with Crippen molar-refractivity contribution in [1.82, 2.24) is 0 Å². The lowest BCUT2D eigenvalue weighted by atomic mass is 9.99. The average molecular weight is 370 g/mol. The van der Waals surface area contributed by atoms with Crippen LogP contribution in [-0.2, 0) is 22.6 Å². The Kier molecular flexibility index (Phi) is 4.21. The summed E-state index contributed by atoms with van der Waals surface area (Å²) < 4.78 is 0. The number of nitrogens with zero attached hydrogens (tertiary/aromatic N) is 1. The number of fused-ring (bicyclic) bond motifs is 1. The zero-order valence-electron chi connectivity index (χ0n) is 14.3. The Labute approximate surface area is 157 Å². The molecule has 134 valence electrons. The highest BCUT2D eigenvalue weighted by Gasteiger charge is 2.46. The van der Waals surface area contributed by atoms with Crippen LogP contribution in [0.3, 0.4) is 0 Å². The van der Waals surface area contributed by atoms with E-state index >= 15 is 0 Å². The molecule has 2 aliphatic rings. The summed E-state index contributed by atoms with van der Waals surface area (Å²) in [4.78, 5) is 26.4. The number of nitrogens with one attached hydrogen (secondary N) is 1. The molecule has 1 aliphatic carbocycles. The van der Waals surface area contributed by atoms with Crippen LogP contribution >= 0.6 is 11.6 Å². The first-order valence-electron chi connectivity index (χ1n) is 8.73. The number of amides is 2. The van der Waals surface area contributed by atoms with Crippen molar-refractivity contribution in [3.05, 3.63) is 58.6 Å². The zero-order chi connectivity index (χ0) is 18.3. The second kappa shape index (κ2) is 6.41. The standard InChI is InChI=1S/C20H20ClN3O2/c21-15-4-1-13(2-5-15)12-24-17-7-6-16(11-14(17)3-8-18(24)25)23-19(26)20(22)9-10-20/h1-2,4-7,11H,3,8-10,12,22H2,(H,23,26). The van der Waals surface area contributed by atoms with Crippen LogP contribution in [0.5, 0.6) is 0 Å². The highest BCUT2D eigenvalue weighted by Crippen LogP contribution is 2.35. The van der Waals surface area contributed by atoms with Gasteiger partial charge in [0.05, 0.1) is 12.1 Å². The van der Waals surface area contributed by atoms with Gasteiger partial charge in [-0.05, 0) is 60.7 Å². The van der Waals surface area contributed by atoms with Crippen LogP contribution in [-0.4, -0.2) is 17.4 Å². The third kappa shape index (κ3) is 3.32. The Morgan fingerprint density at radius 1 is 1.15 bits per heavy atom. The molecular weight excluding hydrogens is 350 g/mol. The second-order valence-electron chi connectivity index (χ2n) is 7.06. The maximum atomic E-state index is 12.4. The monoisotopic (exact) mass is 369 g/mol. The van der Waals surface area contributed by atoms with Gasteiger partial charge in [-0.25, -0.2) is 0 Å². The van der Waals surface area contributed by atoms with Crippen LogP contribution in [0.1, 0.15) is 30.4 Å². The lowest BCUT2D eigenvalue weighted by Gasteiger charge is -2.30. The predicted octanol–water partition coefficient (Wildman–Crippen LogP) is 3.25. The molecule has 1 aliphatic heterocycles. The molecule has 1 heterocycles. The topological polar surface area (TPSA) is 75.4 Å². The molecule has 2 aromatic rings. The Hall–Kier alpha value is -2.37. The first-order chi connectivity index (χ1) is 12.4. The number of aryl methyl sites for hydroxylation is 1. The summed E-state index contributed by atoms with van der Waals surface area (Å²) in [6, 6.07) is 13.2. The Balaban J connectivity index is 1.56. The fourth-order valence-corrected chi connectivity index (χ4v) is 3.33. The van der Waals surface area contributed by atoms with Crippen molar-refractivity contribution < 1.29 is 9.59 Å². The van der Waals surface area contributed by atoms with Crippen molar-refractivity contribution in [3.8, 4) is 0 Å². The molecule has 2 aromatic carbocycles. The van der Waals surface area contributed by atoms with E-state index in [9.17, 15) is 9.59 Å². The molecule has 0 unspecified atom stereocenters. The normalized spacial score (nSPS) is 17.6. The number of carbonyl (C=O) groups is 2. The van der Waals surface area contributed by atoms with E-state index in [4.69, 9.17) is 17.3 Å². The number of hydrogen-bond acceptors (Lipinski definition) is 3. The predicted molar refractivity (Wildman–Crippen MR) is 102 cm³/mol. The Morgan fingerprint density at radius 2 is 1.88 bits per heavy atom. The number of anilines is 2. The SMILES string of the molecule is NC1(C(=O)Nc2ccc3c(c2)CCC(=O)N3Cc2ccc(Cl)cc2)CC1. The maximum absolute atomic E-state index is 12.4. The van der Waals surface area contributed by atoms with Gasteiger partial charge in [-0.2, -0.15) is 0 Å². The Bertz CT molecular complexity index is 875. The largest absolute Gasteiger partial charge is 0.324 e. The summed E-state index contributed by atoms with van der Waals surface area (Å²) in [7, 11) is 0. The summed E-state index contributed by atoms with van der Waals surface area (Å²) in [6.07, 6.45) is 2.59. The smallest absolute Gasteiger partial charge is 0.244 e. The van der Waals surface area contributed by atoms with Gasteiger partial charge in [0.25, 0.3) is 0 Å². The van der Waals surface area contributed by atoms with Crippen molar-refractivity contribution in [2.75, 3.05) is 10.2 Å². The molecule has 0 aromatic heterocycles. The van der Waals surface area contributed by atoms with E-state index in [0.717, 1.165) is 35.3 Å². The van der Waals surface area contributed by atoms with Gasteiger partial charge in [0.15, 0.2) is 0 Å². The number of benzene rings is 2. The fourth-order valence-electron chi connectivity index (χ4n) is 3.20. The molecule has 26 heavy (non-hydrogen) atoms. The molecule has 0 bridgehead atoms. The van der Waals surface area contributed by atoms with Crippen LogP contribution < -0.4 is 16.0 Å². The summed E-state index contributed by atoms with van der Waals surface area (Å²) >= 11 is 5.94. The first kappa shape index (κ1) is 17.1. The van der Waals surface area contributed by atoms with Crippen molar-refractivity contribution >= 4 is 34.8 Å². The summed E-state index contributed by atoms with van der Waals surface area (Å²) in [5, 5.41) is 3.57. The van der Waals surface area contributed by atoms with Gasteiger partial charge in [-0.1, -0.05) is 23.7 Å². The quantitative estimate of drug-likeness (QED) is 0.868. The molecule has 5 nitrogen and oxygen atoms in total. The van der Waals surface area contributed by atoms with Gasteiger partial charge in [0.1, 0.15) is 0 Å². The molecule has 0 saturated heterocycles. The average Bonchev–Trinajstić information content (AvgIpc) is 3.38. The van der Waals surface area contributed by atoms with Gasteiger partial charge in [-0.3, -0.25) is 9.59 Å².